The van der Waals surface area contributed by atoms with Gasteiger partial charge in [-0.3, -0.25) is 4.79 Å². The molecule has 2 rings (SSSR count). The van der Waals surface area contributed by atoms with Crippen LogP contribution in [0, 0.1) is 0 Å². The van der Waals surface area contributed by atoms with Gasteiger partial charge in [-0.25, -0.2) is 0 Å². The van der Waals surface area contributed by atoms with Gasteiger partial charge in [0.05, 0.1) is 15.6 Å². The maximum absolute atomic E-state index is 12.8. The lowest BCUT2D eigenvalue weighted by atomic mass is 10.1. The highest BCUT2D eigenvalue weighted by Gasteiger charge is 2.28. The van der Waals surface area contributed by atoms with Gasteiger partial charge in [0.25, 0.3) is 5.91 Å². The fraction of sp³-hybridized carbons (Fsp3) is 0.533. The van der Waals surface area contributed by atoms with Crippen molar-refractivity contribution in [1.82, 2.24) is 10.2 Å². The zero-order valence-corrected chi connectivity index (χ0v) is 13.2. The summed E-state index contributed by atoms with van der Waals surface area (Å²) in [6.45, 7) is 4.71. The monoisotopic (exact) mass is 314 g/mol. The van der Waals surface area contributed by atoms with Gasteiger partial charge in [0.2, 0.25) is 0 Å². The first kappa shape index (κ1) is 15.6. The summed E-state index contributed by atoms with van der Waals surface area (Å²) < 4.78 is 0. The van der Waals surface area contributed by atoms with E-state index in [2.05, 4.69) is 12.2 Å². The molecule has 0 aromatic heterocycles. The van der Waals surface area contributed by atoms with Crippen LogP contribution in [0.2, 0.25) is 10.0 Å². The van der Waals surface area contributed by atoms with Crippen LogP contribution in [0.4, 0.5) is 0 Å². The zero-order valence-electron chi connectivity index (χ0n) is 11.7. The van der Waals surface area contributed by atoms with E-state index in [0.717, 1.165) is 38.9 Å². The summed E-state index contributed by atoms with van der Waals surface area (Å²) >= 11 is 12.2. The Bertz CT molecular complexity index is 473. The Morgan fingerprint density at radius 1 is 1.45 bits per heavy atom. The predicted molar refractivity (Wildman–Crippen MR) is 83.7 cm³/mol. The Morgan fingerprint density at radius 3 is 2.90 bits per heavy atom. The summed E-state index contributed by atoms with van der Waals surface area (Å²) in [7, 11) is 0. The van der Waals surface area contributed by atoms with Crippen molar-refractivity contribution in [3.05, 3.63) is 33.8 Å². The number of nitrogens with zero attached hydrogens (tertiary/aromatic N) is 1. The first-order valence-electron chi connectivity index (χ1n) is 7.10. The van der Waals surface area contributed by atoms with E-state index >= 15 is 0 Å². The molecular formula is C15H20Cl2N2O. The van der Waals surface area contributed by atoms with Crippen LogP contribution in [0.5, 0.6) is 0 Å². The van der Waals surface area contributed by atoms with Gasteiger partial charge in [-0.15, -0.1) is 0 Å². The molecule has 1 saturated heterocycles. The minimum absolute atomic E-state index is 0.0142. The fourth-order valence-corrected chi connectivity index (χ4v) is 2.89. The topological polar surface area (TPSA) is 32.3 Å². The van der Waals surface area contributed by atoms with Crippen LogP contribution < -0.4 is 5.32 Å². The Morgan fingerprint density at radius 2 is 2.25 bits per heavy atom. The largest absolute Gasteiger partial charge is 0.334 e. The van der Waals surface area contributed by atoms with Gasteiger partial charge < -0.3 is 10.2 Å². The second-order valence-electron chi connectivity index (χ2n) is 5.10. The van der Waals surface area contributed by atoms with Crippen molar-refractivity contribution in [3.8, 4) is 0 Å². The van der Waals surface area contributed by atoms with Crippen molar-refractivity contribution in [1.29, 1.82) is 0 Å². The molecule has 1 aliphatic heterocycles. The maximum atomic E-state index is 12.8. The van der Waals surface area contributed by atoms with Gasteiger partial charge >= 0.3 is 0 Å². The second kappa shape index (κ2) is 7.30. The number of rotatable bonds is 5. The van der Waals surface area contributed by atoms with E-state index < -0.39 is 0 Å². The number of hydrogen-bond acceptors (Lipinski definition) is 2. The van der Waals surface area contributed by atoms with Crippen molar-refractivity contribution < 1.29 is 4.79 Å². The van der Waals surface area contributed by atoms with Crippen LogP contribution in [-0.2, 0) is 0 Å². The molecule has 20 heavy (non-hydrogen) atoms. The number of carbonyl (C=O) groups excluding carboxylic acids is 1. The van der Waals surface area contributed by atoms with E-state index in [9.17, 15) is 4.79 Å². The van der Waals surface area contributed by atoms with Crippen LogP contribution in [0.3, 0.4) is 0 Å². The number of halogens is 2. The van der Waals surface area contributed by atoms with Gasteiger partial charge in [-0.2, -0.15) is 0 Å². The number of amides is 1. The van der Waals surface area contributed by atoms with Crippen LogP contribution in [-0.4, -0.2) is 36.5 Å². The first-order chi connectivity index (χ1) is 9.65. The molecule has 1 amide bonds. The molecule has 3 nitrogen and oxygen atoms in total. The zero-order chi connectivity index (χ0) is 14.5. The molecule has 1 N–H and O–H groups in total. The van der Waals surface area contributed by atoms with Crippen LogP contribution in [0.25, 0.3) is 0 Å². The maximum Gasteiger partial charge on any atom is 0.255 e. The smallest absolute Gasteiger partial charge is 0.255 e. The van der Waals surface area contributed by atoms with E-state index in [0.29, 0.717) is 15.6 Å². The van der Waals surface area contributed by atoms with Gasteiger partial charge in [-0.1, -0.05) is 42.6 Å². The Labute approximate surface area is 130 Å². The normalized spacial score (nSPS) is 18.2. The number of nitrogens with one attached hydrogen (secondary N) is 1. The standard InChI is InChI=1S/C15H20Cl2N2O/c1-2-3-9-19(11-7-8-18-10-11)15(20)12-5-4-6-13(16)14(12)17/h4-6,11,18H,2-3,7-10H2,1H3. The predicted octanol–water partition coefficient (Wildman–Crippen LogP) is 3.60. The summed E-state index contributed by atoms with van der Waals surface area (Å²) in [4.78, 5) is 14.7. The van der Waals surface area contributed by atoms with Crippen LogP contribution in [0.1, 0.15) is 36.5 Å². The Balaban J connectivity index is 2.22. The molecule has 0 aliphatic carbocycles. The minimum Gasteiger partial charge on any atom is -0.334 e. The number of benzene rings is 1. The molecule has 0 radical (unpaired) electrons. The second-order valence-corrected chi connectivity index (χ2v) is 5.89. The van der Waals surface area contributed by atoms with Crippen molar-refractivity contribution in [2.75, 3.05) is 19.6 Å². The summed E-state index contributed by atoms with van der Waals surface area (Å²) in [6, 6.07) is 5.47. The highest BCUT2D eigenvalue weighted by atomic mass is 35.5. The van der Waals surface area contributed by atoms with Crippen LogP contribution >= 0.6 is 23.2 Å². The number of carbonyl (C=O) groups is 1. The van der Waals surface area contributed by atoms with E-state index in [4.69, 9.17) is 23.2 Å². The molecule has 1 aromatic carbocycles. The van der Waals surface area contributed by atoms with E-state index in [1.165, 1.54) is 0 Å². The molecule has 0 spiro atoms. The number of unbranched alkanes of at least 4 members (excludes halogenated alkanes) is 1. The van der Waals surface area contributed by atoms with Crippen molar-refractivity contribution in [2.45, 2.75) is 32.2 Å². The molecule has 1 atom stereocenters. The summed E-state index contributed by atoms with van der Waals surface area (Å²) in [5.41, 5.74) is 0.502. The third kappa shape index (κ3) is 3.46. The van der Waals surface area contributed by atoms with Crippen LogP contribution in [0.15, 0.2) is 18.2 Å². The molecule has 110 valence electrons. The summed E-state index contributed by atoms with van der Waals surface area (Å²) in [6.07, 6.45) is 3.06. The molecular weight excluding hydrogens is 295 g/mol. The van der Waals surface area contributed by atoms with Gasteiger partial charge in [0.1, 0.15) is 0 Å². The van der Waals surface area contributed by atoms with E-state index in [1.54, 1.807) is 18.2 Å². The SMILES string of the molecule is CCCCN(C(=O)c1cccc(Cl)c1Cl)C1CCNC1. The Hall–Kier alpha value is -0.770. The first-order valence-corrected chi connectivity index (χ1v) is 7.86. The molecule has 1 heterocycles. The van der Waals surface area contributed by atoms with Crippen molar-refractivity contribution in [3.63, 3.8) is 0 Å². The molecule has 1 fully saturated rings. The molecule has 1 unspecified atom stereocenters. The van der Waals surface area contributed by atoms with Crippen molar-refractivity contribution >= 4 is 29.1 Å². The fourth-order valence-electron chi connectivity index (χ4n) is 2.51. The summed E-state index contributed by atoms with van der Waals surface area (Å²) in [5.74, 6) is -0.0142. The minimum atomic E-state index is -0.0142. The Kier molecular flexibility index (Phi) is 5.70. The highest BCUT2D eigenvalue weighted by molar-refractivity contribution is 6.43. The molecule has 1 aliphatic rings. The molecule has 0 bridgehead atoms. The van der Waals surface area contributed by atoms with E-state index in [1.807, 2.05) is 4.90 Å². The number of hydrogen-bond donors (Lipinski definition) is 1. The molecule has 5 heteroatoms. The summed E-state index contributed by atoms with van der Waals surface area (Å²) in [5, 5.41) is 4.09. The lowest BCUT2D eigenvalue weighted by Gasteiger charge is -2.29. The average molecular weight is 315 g/mol. The lowest BCUT2D eigenvalue weighted by molar-refractivity contribution is 0.0689. The van der Waals surface area contributed by atoms with Gasteiger partial charge in [-0.05, 0) is 31.5 Å². The highest BCUT2D eigenvalue weighted by Crippen LogP contribution is 2.27. The average Bonchev–Trinajstić information content (AvgIpc) is 2.96. The van der Waals surface area contributed by atoms with Gasteiger partial charge in [0.15, 0.2) is 0 Å². The quantitative estimate of drug-likeness (QED) is 0.900. The van der Waals surface area contributed by atoms with E-state index in [-0.39, 0.29) is 11.9 Å². The molecule has 1 aromatic rings. The van der Waals surface area contributed by atoms with Gasteiger partial charge in [0, 0.05) is 19.1 Å². The van der Waals surface area contributed by atoms with Crippen molar-refractivity contribution in [2.24, 2.45) is 0 Å². The third-order valence-electron chi connectivity index (χ3n) is 3.67. The third-order valence-corrected chi connectivity index (χ3v) is 4.49. The molecule has 0 saturated carbocycles. The lowest BCUT2D eigenvalue weighted by Crippen LogP contribution is -2.42.